The van der Waals surface area contributed by atoms with E-state index in [-0.39, 0.29) is 17.4 Å². The Balaban J connectivity index is 1.82. The molecule has 0 spiro atoms. The molecule has 0 bridgehead atoms. The molecule has 0 saturated carbocycles. The highest BCUT2D eigenvalue weighted by molar-refractivity contribution is 5.91. The van der Waals surface area contributed by atoms with E-state index >= 15 is 0 Å². The van der Waals surface area contributed by atoms with Gasteiger partial charge in [0.25, 0.3) is 5.91 Å². The van der Waals surface area contributed by atoms with Gasteiger partial charge in [-0.15, -0.1) is 0 Å². The second kappa shape index (κ2) is 5.97. The Kier molecular flexibility index (Phi) is 4.50. The summed E-state index contributed by atoms with van der Waals surface area (Å²) in [5.74, 6) is 0.346. The van der Waals surface area contributed by atoms with Gasteiger partial charge in [0.1, 0.15) is 0 Å². The summed E-state index contributed by atoms with van der Waals surface area (Å²) in [6, 6.07) is 3.42. The lowest BCUT2D eigenvalue weighted by molar-refractivity contribution is 0.0131. The van der Waals surface area contributed by atoms with Crippen molar-refractivity contribution in [3.05, 3.63) is 24.2 Å². The van der Waals surface area contributed by atoms with E-state index in [1.807, 2.05) is 20.8 Å². The molecule has 1 fully saturated rings. The molecule has 0 aliphatic carbocycles. The summed E-state index contributed by atoms with van der Waals surface area (Å²) >= 11 is 0. The van der Waals surface area contributed by atoms with Crippen LogP contribution < -0.4 is 0 Å². The SMILES string of the molecule is CC(C)(C)[C@H](O)CN1CCN(C(=O)c2ccco2)CC1. The Labute approximate surface area is 120 Å². The van der Waals surface area contributed by atoms with E-state index < -0.39 is 0 Å². The lowest BCUT2D eigenvalue weighted by Crippen LogP contribution is -2.51. The largest absolute Gasteiger partial charge is 0.459 e. The molecule has 1 aliphatic rings. The van der Waals surface area contributed by atoms with Gasteiger partial charge in [0.15, 0.2) is 5.76 Å². The molecule has 1 aliphatic heterocycles. The fourth-order valence-corrected chi connectivity index (χ4v) is 2.21. The first kappa shape index (κ1) is 15.1. The Morgan fingerprint density at radius 3 is 2.50 bits per heavy atom. The van der Waals surface area contributed by atoms with Crippen LogP contribution in [0.3, 0.4) is 0 Å². The number of amides is 1. The first-order valence-electron chi connectivity index (χ1n) is 7.11. The minimum absolute atomic E-state index is 0.0500. The van der Waals surface area contributed by atoms with Crippen LogP contribution in [0.2, 0.25) is 0 Å². The summed E-state index contributed by atoms with van der Waals surface area (Å²) in [6.07, 6.45) is 1.17. The maximum absolute atomic E-state index is 12.1. The molecule has 20 heavy (non-hydrogen) atoms. The number of aliphatic hydroxyl groups excluding tert-OH is 1. The van der Waals surface area contributed by atoms with Crippen LogP contribution >= 0.6 is 0 Å². The number of hydrogen-bond acceptors (Lipinski definition) is 4. The summed E-state index contributed by atoms with van der Waals surface area (Å²) in [4.78, 5) is 16.1. The Hall–Kier alpha value is -1.33. The normalized spacial score (nSPS) is 19.1. The predicted molar refractivity (Wildman–Crippen MR) is 76.5 cm³/mol. The molecule has 1 saturated heterocycles. The van der Waals surface area contributed by atoms with Crippen LogP contribution in [0.25, 0.3) is 0 Å². The second-order valence-electron chi connectivity index (χ2n) is 6.45. The third-order valence-electron chi connectivity index (χ3n) is 3.82. The molecule has 0 unspecified atom stereocenters. The fraction of sp³-hybridized carbons (Fsp3) is 0.667. The molecule has 5 heteroatoms. The molecule has 1 aromatic heterocycles. The van der Waals surface area contributed by atoms with E-state index in [2.05, 4.69) is 4.90 Å². The number of rotatable bonds is 3. The van der Waals surface area contributed by atoms with Crippen LogP contribution in [0.15, 0.2) is 22.8 Å². The molecule has 2 heterocycles. The highest BCUT2D eigenvalue weighted by Gasteiger charge is 2.28. The van der Waals surface area contributed by atoms with Crippen molar-refractivity contribution in [2.24, 2.45) is 5.41 Å². The molecule has 2 rings (SSSR count). The number of furan rings is 1. The van der Waals surface area contributed by atoms with Gasteiger partial charge in [-0.05, 0) is 17.5 Å². The van der Waals surface area contributed by atoms with Crippen LogP contribution in [0.1, 0.15) is 31.3 Å². The van der Waals surface area contributed by atoms with Crippen molar-refractivity contribution in [1.82, 2.24) is 9.80 Å². The number of β-amino-alcohol motifs (C(OH)–C–C–N with tert-alkyl or cyclic N) is 1. The summed E-state index contributed by atoms with van der Waals surface area (Å²) in [5.41, 5.74) is -0.110. The number of piperazine rings is 1. The summed E-state index contributed by atoms with van der Waals surface area (Å²) < 4.78 is 5.14. The number of nitrogens with zero attached hydrogens (tertiary/aromatic N) is 2. The summed E-state index contributed by atoms with van der Waals surface area (Å²) in [5, 5.41) is 10.1. The number of carbonyl (C=O) groups is 1. The van der Waals surface area contributed by atoms with E-state index in [4.69, 9.17) is 4.42 Å². The molecule has 1 N–H and O–H groups in total. The maximum atomic E-state index is 12.1. The highest BCUT2D eigenvalue weighted by atomic mass is 16.3. The van der Waals surface area contributed by atoms with Gasteiger partial charge in [-0.2, -0.15) is 0 Å². The third-order valence-corrected chi connectivity index (χ3v) is 3.82. The van der Waals surface area contributed by atoms with Gasteiger partial charge in [-0.3, -0.25) is 9.69 Å². The zero-order valence-electron chi connectivity index (χ0n) is 12.5. The molecular formula is C15H24N2O3. The molecule has 0 aromatic carbocycles. The monoisotopic (exact) mass is 280 g/mol. The lowest BCUT2D eigenvalue weighted by Gasteiger charge is -2.37. The van der Waals surface area contributed by atoms with Gasteiger partial charge >= 0.3 is 0 Å². The maximum Gasteiger partial charge on any atom is 0.289 e. The second-order valence-corrected chi connectivity index (χ2v) is 6.45. The zero-order valence-corrected chi connectivity index (χ0v) is 12.5. The highest BCUT2D eigenvalue weighted by Crippen LogP contribution is 2.20. The van der Waals surface area contributed by atoms with Crippen LogP contribution in [0.4, 0.5) is 0 Å². The minimum atomic E-state index is -0.352. The smallest absolute Gasteiger partial charge is 0.289 e. The Morgan fingerprint density at radius 2 is 2.00 bits per heavy atom. The fourth-order valence-electron chi connectivity index (χ4n) is 2.21. The van der Waals surface area contributed by atoms with Crippen molar-refractivity contribution < 1.29 is 14.3 Å². The molecule has 0 radical (unpaired) electrons. The van der Waals surface area contributed by atoms with Crippen LogP contribution in [-0.4, -0.2) is 59.6 Å². The average molecular weight is 280 g/mol. The third kappa shape index (κ3) is 3.61. The van der Waals surface area contributed by atoms with Gasteiger partial charge in [0.05, 0.1) is 12.4 Å². The van der Waals surface area contributed by atoms with E-state index in [1.165, 1.54) is 6.26 Å². The summed E-state index contributed by atoms with van der Waals surface area (Å²) in [7, 11) is 0. The lowest BCUT2D eigenvalue weighted by atomic mass is 9.89. The van der Waals surface area contributed by atoms with Gasteiger partial charge in [0.2, 0.25) is 0 Å². The predicted octanol–water partition coefficient (Wildman–Crippen LogP) is 1.44. The van der Waals surface area contributed by atoms with Crippen molar-refractivity contribution in [2.45, 2.75) is 26.9 Å². The van der Waals surface area contributed by atoms with Crippen molar-refractivity contribution in [3.63, 3.8) is 0 Å². The van der Waals surface area contributed by atoms with E-state index in [1.54, 1.807) is 17.0 Å². The average Bonchev–Trinajstić information content (AvgIpc) is 2.91. The van der Waals surface area contributed by atoms with Gasteiger partial charge in [-0.25, -0.2) is 0 Å². The van der Waals surface area contributed by atoms with Crippen LogP contribution in [-0.2, 0) is 0 Å². The zero-order chi connectivity index (χ0) is 14.8. The van der Waals surface area contributed by atoms with E-state index in [9.17, 15) is 9.90 Å². The van der Waals surface area contributed by atoms with E-state index in [0.717, 1.165) is 13.1 Å². The minimum Gasteiger partial charge on any atom is -0.459 e. The first-order valence-corrected chi connectivity index (χ1v) is 7.11. The van der Waals surface area contributed by atoms with Gasteiger partial charge < -0.3 is 14.4 Å². The van der Waals surface area contributed by atoms with Crippen LogP contribution in [0.5, 0.6) is 0 Å². The topological polar surface area (TPSA) is 56.9 Å². The standard InChI is InChI=1S/C15H24N2O3/c1-15(2,3)13(18)11-16-6-8-17(9-7-16)14(19)12-5-4-10-20-12/h4-5,10,13,18H,6-9,11H2,1-3H3/t13-/m1/s1. The Morgan fingerprint density at radius 1 is 1.35 bits per heavy atom. The number of aliphatic hydroxyl groups is 1. The van der Waals surface area contributed by atoms with Crippen molar-refractivity contribution in [2.75, 3.05) is 32.7 Å². The quantitative estimate of drug-likeness (QED) is 0.910. The summed E-state index contributed by atoms with van der Waals surface area (Å²) in [6.45, 7) is 9.70. The first-order chi connectivity index (χ1) is 9.38. The molecular weight excluding hydrogens is 256 g/mol. The Bertz CT molecular complexity index is 428. The number of carbonyl (C=O) groups excluding carboxylic acids is 1. The van der Waals surface area contributed by atoms with Crippen molar-refractivity contribution in [1.29, 1.82) is 0 Å². The van der Waals surface area contributed by atoms with Crippen LogP contribution in [0, 0.1) is 5.41 Å². The van der Waals surface area contributed by atoms with Gasteiger partial charge in [-0.1, -0.05) is 20.8 Å². The van der Waals surface area contributed by atoms with Crippen molar-refractivity contribution in [3.8, 4) is 0 Å². The molecule has 1 atom stereocenters. The van der Waals surface area contributed by atoms with E-state index in [0.29, 0.717) is 25.4 Å². The molecule has 1 aromatic rings. The molecule has 5 nitrogen and oxygen atoms in total. The van der Waals surface area contributed by atoms with Crippen molar-refractivity contribution >= 4 is 5.91 Å². The molecule has 1 amide bonds. The van der Waals surface area contributed by atoms with Gasteiger partial charge in [0, 0.05) is 32.7 Å². The molecule has 112 valence electrons. The number of hydrogen-bond donors (Lipinski definition) is 1.